The van der Waals surface area contributed by atoms with Gasteiger partial charge in [0.25, 0.3) is 5.91 Å². The first-order valence-electron chi connectivity index (χ1n) is 12.8. The molecular formula is C27H24F7N5O2. The molecule has 2 aromatic carbocycles. The zero-order chi connectivity index (χ0) is 29.4. The van der Waals surface area contributed by atoms with E-state index in [2.05, 4.69) is 20.6 Å². The van der Waals surface area contributed by atoms with Crippen LogP contribution in [0.5, 0.6) is 5.75 Å². The third-order valence-corrected chi connectivity index (χ3v) is 7.15. The van der Waals surface area contributed by atoms with Gasteiger partial charge in [0.1, 0.15) is 11.6 Å². The van der Waals surface area contributed by atoms with Crippen LogP contribution in [-0.4, -0.2) is 45.5 Å². The number of carbonyl (C=O) groups excluding carboxylic acids is 1. The molecule has 1 unspecified atom stereocenters. The van der Waals surface area contributed by atoms with Crippen LogP contribution in [0.15, 0.2) is 42.5 Å². The second-order valence-corrected chi connectivity index (χ2v) is 10.2. The molecule has 0 spiro atoms. The molecule has 1 aliphatic heterocycles. The van der Waals surface area contributed by atoms with Gasteiger partial charge in [-0.2, -0.15) is 31.6 Å². The van der Waals surface area contributed by atoms with Crippen LogP contribution < -0.4 is 10.1 Å². The number of hydrogen-bond acceptors (Lipinski definition) is 5. The lowest BCUT2D eigenvalue weighted by atomic mass is 9.76. The van der Waals surface area contributed by atoms with E-state index in [4.69, 9.17) is 4.74 Å². The topological polar surface area (TPSA) is 92.8 Å². The first kappa shape index (κ1) is 28.6. The van der Waals surface area contributed by atoms with E-state index in [9.17, 15) is 31.1 Å². The number of carbonyl (C=O) groups is 1. The highest BCUT2D eigenvalue weighted by molar-refractivity contribution is 6.27. The quantitative estimate of drug-likeness (QED) is 0.242. The molecule has 41 heavy (non-hydrogen) atoms. The fourth-order valence-corrected chi connectivity index (χ4v) is 4.92. The number of nitrogens with one attached hydrogen (secondary N) is 2. The smallest absolute Gasteiger partial charge is 0.416 e. The molecule has 1 saturated carbocycles. The van der Waals surface area contributed by atoms with Crippen LogP contribution in [0.25, 0.3) is 11.1 Å². The number of halogens is 7. The number of aromatic amines is 1. The number of alkyl halides is 6. The lowest BCUT2D eigenvalue weighted by molar-refractivity contribution is -0.202. The highest BCUT2D eigenvalue weighted by atomic mass is 19.4. The highest BCUT2D eigenvalue weighted by Crippen LogP contribution is 2.50. The van der Waals surface area contributed by atoms with Crippen molar-refractivity contribution >= 4 is 17.1 Å². The first-order valence-corrected chi connectivity index (χ1v) is 12.8. The molecule has 7 nitrogen and oxygen atoms in total. The Hall–Kier alpha value is -3.97. The number of ether oxygens (including phenoxy) is 1. The van der Waals surface area contributed by atoms with Crippen molar-refractivity contribution in [2.75, 3.05) is 6.61 Å². The maximum Gasteiger partial charge on any atom is 0.416 e. The summed E-state index contributed by atoms with van der Waals surface area (Å²) in [4.78, 5) is 13.3. The van der Waals surface area contributed by atoms with E-state index in [-0.39, 0.29) is 22.7 Å². The van der Waals surface area contributed by atoms with Gasteiger partial charge >= 0.3 is 12.4 Å². The van der Waals surface area contributed by atoms with Crippen molar-refractivity contribution in [2.24, 2.45) is 5.92 Å². The third kappa shape index (κ3) is 6.20. The van der Waals surface area contributed by atoms with E-state index in [1.54, 1.807) is 24.3 Å². The Bertz CT molecular complexity index is 1430. The molecule has 1 aliphatic carbocycles. The van der Waals surface area contributed by atoms with E-state index in [0.29, 0.717) is 17.5 Å². The van der Waals surface area contributed by atoms with Crippen molar-refractivity contribution in [2.45, 2.75) is 56.4 Å². The largest absolute Gasteiger partial charge is 0.493 e. The van der Waals surface area contributed by atoms with Crippen LogP contribution >= 0.6 is 0 Å². The summed E-state index contributed by atoms with van der Waals surface area (Å²) in [7, 11) is 0. The van der Waals surface area contributed by atoms with Crippen molar-refractivity contribution in [1.29, 1.82) is 0 Å². The third-order valence-electron chi connectivity index (χ3n) is 7.15. The molecule has 14 heteroatoms. The Morgan fingerprint density at radius 2 is 1.76 bits per heavy atom. The number of benzene rings is 2. The Morgan fingerprint density at radius 1 is 1.02 bits per heavy atom. The number of amides is 1. The van der Waals surface area contributed by atoms with Gasteiger partial charge in [-0.15, -0.1) is 10.2 Å². The zero-order valence-electron chi connectivity index (χ0n) is 21.4. The molecule has 2 aliphatic rings. The minimum atomic E-state index is -5.17. The number of tetrazole rings is 1. The molecule has 5 rings (SSSR count). The average Bonchev–Trinajstić information content (AvgIpc) is 3.54. The van der Waals surface area contributed by atoms with Crippen LogP contribution in [0.3, 0.4) is 0 Å². The van der Waals surface area contributed by atoms with Crippen molar-refractivity contribution in [3.8, 4) is 5.75 Å². The molecule has 3 aromatic rings. The second-order valence-electron chi connectivity index (χ2n) is 10.2. The maximum atomic E-state index is 15.3. The van der Waals surface area contributed by atoms with Gasteiger partial charge in [0.2, 0.25) is 5.82 Å². The predicted octanol–water partition coefficient (Wildman–Crippen LogP) is 5.90. The van der Waals surface area contributed by atoms with Gasteiger partial charge in [-0.05, 0) is 65.6 Å². The van der Waals surface area contributed by atoms with Crippen LogP contribution in [0.1, 0.15) is 54.6 Å². The molecule has 0 radical (unpaired) electrons. The number of nitrogens with zero attached hydrogens (tertiary/aromatic N) is 3. The lowest BCUT2D eigenvalue weighted by Crippen LogP contribution is -2.59. The molecule has 0 saturated heterocycles. The standard InChI is InChI=1S/C27H24F7N5O2/c28-21-13-18(41-11-1-10-26(29,30)31)8-9-20(21)25(27(32,33)34)14-19(22(24(40)35-25)23-36-38-39-37-23)17-6-4-16(5-7-17)12-15-2-3-15/h4-9,13,15H,1-3,10-12,14H2,(H,35,40)(H,36,37,38,39). The summed E-state index contributed by atoms with van der Waals surface area (Å²) in [5.74, 6) is -2.43. The Labute approximate surface area is 229 Å². The fraction of sp³-hybridized carbons (Fsp3) is 0.407. The summed E-state index contributed by atoms with van der Waals surface area (Å²) in [6, 6.07) is 9.29. The molecule has 218 valence electrons. The van der Waals surface area contributed by atoms with Crippen LogP contribution in [0.4, 0.5) is 30.7 Å². The summed E-state index contributed by atoms with van der Waals surface area (Å²) < 4.78 is 102. The number of aromatic nitrogens is 4. The minimum absolute atomic E-state index is 0.0580. The van der Waals surface area contributed by atoms with E-state index >= 15 is 4.39 Å². The number of H-pyrrole nitrogens is 1. The van der Waals surface area contributed by atoms with Gasteiger partial charge in [0.05, 0.1) is 12.2 Å². The SMILES string of the molecule is O=C1NC(c2ccc(OCCCC(F)(F)F)cc2F)(C(F)(F)F)CC(c2ccc(CC3CC3)cc2)=C1c1nn[nH]n1. The van der Waals surface area contributed by atoms with Gasteiger partial charge < -0.3 is 10.1 Å². The molecule has 2 N–H and O–H groups in total. The van der Waals surface area contributed by atoms with E-state index in [1.807, 2.05) is 5.32 Å². The van der Waals surface area contributed by atoms with Crippen molar-refractivity contribution in [3.05, 3.63) is 70.8 Å². The maximum absolute atomic E-state index is 15.3. The molecule has 1 atom stereocenters. The van der Waals surface area contributed by atoms with Crippen LogP contribution in [0.2, 0.25) is 0 Å². The van der Waals surface area contributed by atoms with E-state index < -0.39 is 61.0 Å². The number of hydrogen-bond donors (Lipinski definition) is 2. The Balaban J connectivity index is 1.51. The minimum Gasteiger partial charge on any atom is -0.493 e. The molecule has 2 heterocycles. The summed E-state index contributed by atoms with van der Waals surface area (Å²) >= 11 is 0. The first-order chi connectivity index (χ1) is 19.4. The van der Waals surface area contributed by atoms with Gasteiger partial charge in [-0.3, -0.25) is 4.79 Å². The van der Waals surface area contributed by atoms with Crippen molar-refractivity contribution < 1.29 is 40.3 Å². The van der Waals surface area contributed by atoms with Gasteiger partial charge in [-0.25, -0.2) is 4.39 Å². The molecule has 0 bridgehead atoms. The monoisotopic (exact) mass is 583 g/mol. The molecule has 1 amide bonds. The highest BCUT2D eigenvalue weighted by Gasteiger charge is 2.61. The fourth-order valence-electron chi connectivity index (χ4n) is 4.92. The predicted molar refractivity (Wildman–Crippen MR) is 132 cm³/mol. The van der Waals surface area contributed by atoms with Gasteiger partial charge in [0.15, 0.2) is 5.54 Å². The second kappa shape index (κ2) is 10.8. The van der Waals surface area contributed by atoms with Gasteiger partial charge in [0, 0.05) is 24.5 Å². The lowest BCUT2D eigenvalue weighted by Gasteiger charge is -2.41. The van der Waals surface area contributed by atoms with E-state index in [0.717, 1.165) is 37.0 Å². The van der Waals surface area contributed by atoms with Gasteiger partial charge in [-0.1, -0.05) is 24.3 Å². The molecule has 1 fully saturated rings. The Morgan fingerprint density at radius 3 is 2.34 bits per heavy atom. The average molecular weight is 584 g/mol. The van der Waals surface area contributed by atoms with E-state index in [1.165, 1.54) is 0 Å². The normalized spacial score (nSPS) is 19.8. The van der Waals surface area contributed by atoms with Crippen molar-refractivity contribution in [1.82, 2.24) is 25.9 Å². The summed E-state index contributed by atoms with van der Waals surface area (Å²) in [6.45, 7) is -0.420. The van der Waals surface area contributed by atoms with Crippen molar-refractivity contribution in [3.63, 3.8) is 0 Å². The molecule has 1 aromatic heterocycles. The van der Waals surface area contributed by atoms with Crippen LogP contribution in [-0.2, 0) is 16.8 Å². The summed E-state index contributed by atoms with van der Waals surface area (Å²) in [5.41, 5.74) is -3.06. The molecular weight excluding hydrogens is 559 g/mol. The Kier molecular flexibility index (Phi) is 7.51. The summed E-state index contributed by atoms with van der Waals surface area (Å²) in [5, 5.41) is 15.1. The zero-order valence-corrected chi connectivity index (χ0v) is 21.4. The number of rotatable bonds is 9. The summed E-state index contributed by atoms with van der Waals surface area (Å²) in [6.07, 6.45) is -8.94. The van der Waals surface area contributed by atoms with Crippen LogP contribution in [0, 0.1) is 11.7 Å².